The summed E-state index contributed by atoms with van der Waals surface area (Å²) >= 11 is 0. The Kier molecular flexibility index (Phi) is 4.27. The third kappa shape index (κ3) is 3.12. The molecule has 2 aromatic carbocycles. The minimum absolute atomic E-state index is 0.0162. The molecule has 2 heterocycles. The van der Waals surface area contributed by atoms with Crippen LogP contribution in [-0.4, -0.2) is 52.4 Å². The molecular formula is C20H19N3O4. The van der Waals surface area contributed by atoms with Crippen molar-refractivity contribution < 1.29 is 14.0 Å². The highest BCUT2D eigenvalue weighted by Crippen LogP contribution is 2.17. The lowest BCUT2D eigenvalue weighted by atomic mass is 10.1. The van der Waals surface area contributed by atoms with Crippen LogP contribution >= 0.6 is 0 Å². The first-order valence-electron chi connectivity index (χ1n) is 8.78. The lowest BCUT2D eigenvalue weighted by Crippen LogP contribution is -2.50. The van der Waals surface area contributed by atoms with Crippen LogP contribution in [0.5, 0.6) is 0 Å². The van der Waals surface area contributed by atoms with E-state index in [2.05, 4.69) is 0 Å². The minimum Gasteiger partial charge on any atom is -0.408 e. The number of carbonyl (C=O) groups is 2. The van der Waals surface area contributed by atoms with Crippen molar-refractivity contribution in [2.75, 3.05) is 26.2 Å². The monoisotopic (exact) mass is 365 g/mol. The predicted octanol–water partition coefficient (Wildman–Crippen LogP) is 1.73. The van der Waals surface area contributed by atoms with Gasteiger partial charge in [0, 0.05) is 44.4 Å². The summed E-state index contributed by atoms with van der Waals surface area (Å²) in [6.07, 6.45) is 0. The molecule has 0 spiro atoms. The van der Waals surface area contributed by atoms with Gasteiger partial charge >= 0.3 is 5.76 Å². The first kappa shape index (κ1) is 17.1. The maximum absolute atomic E-state index is 12.8. The van der Waals surface area contributed by atoms with E-state index >= 15 is 0 Å². The van der Waals surface area contributed by atoms with Crippen LogP contribution < -0.4 is 5.76 Å². The number of hydrogen-bond donors (Lipinski definition) is 0. The molecule has 27 heavy (non-hydrogen) atoms. The Balaban J connectivity index is 1.46. The third-order valence-electron chi connectivity index (χ3n) is 4.91. The van der Waals surface area contributed by atoms with E-state index in [1.165, 1.54) is 4.57 Å². The molecule has 0 radical (unpaired) electrons. The van der Waals surface area contributed by atoms with Crippen molar-refractivity contribution in [2.24, 2.45) is 7.05 Å². The van der Waals surface area contributed by atoms with Crippen LogP contribution in [0.3, 0.4) is 0 Å². The average molecular weight is 365 g/mol. The summed E-state index contributed by atoms with van der Waals surface area (Å²) in [6.45, 7) is 1.93. The van der Waals surface area contributed by atoms with Crippen molar-refractivity contribution >= 4 is 22.9 Å². The molecule has 0 N–H and O–H groups in total. The second kappa shape index (κ2) is 6.75. The molecule has 1 saturated heterocycles. The zero-order chi connectivity index (χ0) is 19.0. The summed E-state index contributed by atoms with van der Waals surface area (Å²) in [5.74, 6) is -0.586. The largest absolute Gasteiger partial charge is 0.419 e. The van der Waals surface area contributed by atoms with E-state index in [9.17, 15) is 14.4 Å². The summed E-state index contributed by atoms with van der Waals surface area (Å²) in [4.78, 5) is 40.4. The lowest BCUT2D eigenvalue weighted by molar-refractivity contribution is 0.0535. The molecule has 7 nitrogen and oxygen atoms in total. The number of aromatic nitrogens is 1. The molecule has 1 aliphatic heterocycles. The van der Waals surface area contributed by atoms with Crippen molar-refractivity contribution in [3.8, 4) is 0 Å². The van der Waals surface area contributed by atoms with Gasteiger partial charge in [-0.15, -0.1) is 0 Å². The Morgan fingerprint density at radius 1 is 0.852 bits per heavy atom. The molecule has 0 atom stereocenters. The maximum Gasteiger partial charge on any atom is 0.419 e. The highest BCUT2D eigenvalue weighted by atomic mass is 16.4. The number of hydrogen-bond acceptors (Lipinski definition) is 4. The van der Waals surface area contributed by atoms with Crippen LogP contribution in [0, 0.1) is 0 Å². The molecule has 0 saturated carbocycles. The number of carbonyl (C=O) groups excluding carboxylic acids is 2. The van der Waals surface area contributed by atoms with Crippen molar-refractivity contribution in [3.05, 3.63) is 70.2 Å². The zero-order valence-corrected chi connectivity index (χ0v) is 14.9. The van der Waals surface area contributed by atoms with Gasteiger partial charge in [-0.25, -0.2) is 4.79 Å². The fourth-order valence-electron chi connectivity index (χ4n) is 3.32. The summed E-state index contributed by atoms with van der Waals surface area (Å²) < 4.78 is 6.48. The van der Waals surface area contributed by atoms with Gasteiger partial charge < -0.3 is 14.2 Å². The summed E-state index contributed by atoms with van der Waals surface area (Å²) in [5, 5.41) is 0. The van der Waals surface area contributed by atoms with E-state index in [0.29, 0.717) is 48.4 Å². The van der Waals surface area contributed by atoms with Gasteiger partial charge in [0.05, 0.1) is 5.52 Å². The number of piperazine rings is 1. The third-order valence-corrected chi connectivity index (χ3v) is 4.91. The number of nitrogens with zero attached hydrogens (tertiary/aromatic N) is 3. The number of amides is 2. The van der Waals surface area contributed by atoms with Crippen LogP contribution in [-0.2, 0) is 7.05 Å². The van der Waals surface area contributed by atoms with E-state index in [1.807, 2.05) is 18.2 Å². The lowest BCUT2D eigenvalue weighted by Gasteiger charge is -2.34. The van der Waals surface area contributed by atoms with Crippen molar-refractivity contribution in [2.45, 2.75) is 0 Å². The molecule has 1 fully saturated rings. The van der Waals surface area contributed by atoms with Gasteiger partial charge in [-0.3, -0.25) is 14.2 Å². The molecule has 4 rings (SSSR count). The van der Waals surface area contributed by atoms with Gasteiger partial charge in [0.1, 0.15) is 0 Å². The van der Waals surface area contributed by atoms with Crippen molar-refractivity contribution in [1.29, 1.82) is 0 Å². The van der Waals surface area contributed by atoms with Crippen LogP contribution in [0.15, 0.2) is 57.7 Å². The first-order chi connectivity index (χ1) is 13.0. The summed E-state index contributed by atoms with van der Waals surface area (Å²) in [7, 11) is 1.61. The fraction of sp³-hybridized carbons (Fsp3) is 0.250. The van der Waals surface area contributed by atoms with Gasteiger partial charge in [-0.05, 0) is 30.3 Å². The second-order valence-corrected chi connectivity index (χ2v) is 6.56. The van der Waals surface area contributed by atoms with E-state index in [-0.39, 0.29) is 11.8 Å². The van der Waals surface area contributed by atoms with E-state index in [4.69, 9.17) is 4.42 Å². The Morgan fingerprint density at radius 3 is 2.07 bits per heavy atom. The SMILES string of the molecule is Cn1c(=O)oc2ccc(C(=O)N3CCN(C(=O)c4ccccc4)CC3)cc21. The Bertz CT molecular complexity index is 1060. The summed E-state index contributed by atoms with van der Waals surface area (Å²) in [6, 6.07) is 14.1. The molecule has 138 valence electrons. The van der Waals surface area contributed by atoms with Crippen LogP contribution in [0.4, 0.5) is 0 Å². The van der Waals surface area contributed by atoms with Crippen LogP contribution in [0.1, 0.15) is 20.7 Å². The average Bonchev–Trinajstić information content (AvgIpc) is 3.01. The van der Waals surface area contributed by atoms with Gasteiger partial charge in [0.2, 0.25) is 0 Å². The molecule has 7 heteroatoms. The zero-order valence-electron chi connectivity index (χ0n) is 14.9. The van der Waals surface area contributed by atoms with Crippen LogP contribution in [0.2, 0.25) is 0 Å². The van der Waals surface area contributed by atoms with E-state index < -0.39 is 5.76 Å². The molecule has 1 aromatic heterocycles. The highest BCUT2D eigenvalue weighted by molar-refractivity contribution is 5.98. The molecule has 1 aliphatic rings. The molecular weight excluding hydrogens is 346 g/mol. The van der Waals surface area contributed by atoms with Gasteiger partial charge in [0.15, 0.2) is 5.58 Å². The molecule has 0 aliphatic carbocycles. The number of benzene rings is 2. The minimum atomic E-state index is -0.456. The molecule has 2 amide bonds. The smallest absolute Gasteiger partial charge is 0.408 e. The highest BCUT2D eigenvalue weighted by Gasteiger charge is 2.25. The maximum atomic E-state index is 12.8. The number of aryl methyl sites for hydroxylation is 1. The van der Waals surface area contributed by atoms with E-state index in [0.717, 1.165) is 0 Å². The van der Waals surface area contributed by atoms with Crippen molar-refractivity contribution in [3.63, 3.8) is 0 Å². The topological polar surface area (TPSA) is 75.8 Å². The summed E-state index contributed by atoms with van der Waals surface area (Å²) in [5.41, 5.74) is 2.20. The predicted molar refractivity (Wildman–Crippen MR) is 99.7 cm³/mol. The Hall–Kier alpha value is -3.35. The van der Waals surface area contributed by atoms with Crippen LogP contribution in [0.25, 0.3) is 11.1 Å². The Morgan fingerprint density at radius 2 is 1.44 bits per heavy atom. The normalized spacial score (nSPS) is 14.6. The van der Waals surface area contributed by atoms with Crippen molar-refractivity contribution in [1.82, 2.24) is 14.4 Å². The number of fused-ring (bicyclic) bond motifs is 1. The van der Waals surface area contributed by atoms with Gasteiger partial charge in [0.25, 0.3) is 11.8 Å². The van der Waals surface area contributed by atoms with Gasteiger partial charge in [-0.1, -0.05) is 18.2 Å². The van der Waals surface area contributed by atoms with E-state index in [1.54, 1.807) is 47.2 Å². The second-order valence-electron chi connectivity index (χ2n) is 6.56. The van der Waals surface area contributed by atoms with Gasteiger partial charge in [-0.2, -0.15) is 0 Å². The molecule has 3 aromatic rings. The molecule has 0 unspecified atom stereocenters. The number of rotatable bonds is 2. The quantitative estimate of drug-likeness (QED) is 0.693. The Labute approximate surface area is 155 Å². The first-order valence-corrected chi connectivity index (χ1v) is 8.78. The standard InChI is InChI=1S/C20H19N3O4/c1-21-16-13-15(7-8-17(16)27-20(21)26)19(25)23-11-9-22(10-12-23)18(24)14-5-3-2-4-6-14/h2-8,13H,9-12H2,1H3. The molecule has 0 bridgehead atoms. The number of oxazole rings is 1. The fourth-order valence-corrected chi connectivity index (χ4v) is 3.32.